The second kappa shape index (κ2) is 4.97. The fourth-order valence-electron chi connectivity index (χ4n) is 1.27. The first-order valence-electron chi connectivity index (χ1n) is 4.55. The average molecular weight is 209 g/mol. The summed E-state index contributed by atoms with van der Waals surface area (Å²) >= 11 is 5.96. The number of carbonyl (C=O) groups is 1. The number of ketones is 1. The number of allylic oxidation sites excluding steroid dienone is 1. The van der Waals surface area contributed by atoms with Crippen molar-refractivity contribution in [2.75, 3.05) is 0 Å². The smallest absolute Gasteiger partial charge is 0.161 e. The molecule has 0 N–H and O–H groups in total. The molecule has 0 unspecified atom stereocenters. The van der Waals surface area contributed by atoms with Gasteiger partial charge < -0.3 is 0 Å². The second-order valence-corrected chi connectivity index (χ2v) is 3.60. The number of hydrogen-bond donors (Lipinski definition) is 0. The van der Waals surface area contributed by atoms with Gasteiger partial charge in [-0.25, -0.2) is 0 Å². The van der Waals surface area contributed by atoms with E-state index in [-0.39, 0.29) is 5.78 Å². The zero-order chi connectivity index (χ0) is 10.6. The van der Waals surface area contributed by atoms with Gasteiger partial charge in [0.05, 0.1) is 5.02 Å². The van der Waals surface area contributed by atoms with Crippen LogP contribution >= 0.6 is 11.6 Å². The van der Waals surface area contributed by atoms with E-state index in [2.05, 4.69) is 6.58 Å². The van der Waals surface area contributed by atoms with Gasteiger partial charge in [0.1, 0.15) is 0 Å². The Balaban J connectivity index is 2.88. The van der Waals surface area contributed by atoms with Crippen LogP contribution < -0.4 is 0 Å². The van der Waals surface area contributed by atoms with E-state index in [0.717, 1.165) is 18.4 Å². The Labute approximate surface area is 89.4 Å². The predicted octanol–water partition coefficient (Wildman–Crippen LogP) is 3.66. The molecular formula is C12H13ClO. The monoisotopic (exact) mass is 208 g/mol. The van der Waals surface area contributed by atoms with Crippen LogP contribution in [-0.2, 0) is 6.42 Å². The number of rotatable bonds is 4. The van der Waals surface area contributed by atoms with Crippen molar-refractivity contribution in [2.24, 2.45) is 0 Å². The molecule has 0 aliphatic carbocycles. The number of carbonyl (C=O) groups excluding carboxylic acids is 1. The molecule has 0 atom stereocenters. The molecule has 14 heavy (non-hydrogen) atoms. The van der Waals surface area contributed by atoms with Gasteiger partial charge in [-0.2, -0.15) is 0 Å². The molecule has 0 spiro atoms. The van der Waals surface area contributed by atoms with Crippen molar-refractivity contribution in [3.63, 3.8) is 0 Å². The van der Waals surface area contributed by atoms with Crippen LogP contribution in [0, 0.1) is 0 Å². The van der Waals surface area contributed by atoms with Crippen LogP contribution in [-0.4, -0.2) is 5.78 Å². The number of aryl methyl sites for hydroxylation is 1. The van der Waals surface area contributed by atoms with Crippen molar-refractivity contribution in [1.29, 1.82) is 0 Å². The molecule has 0 fully saturated rings. The zero-order valence-electron chi connectivity index (χ0n) is 8.22. The van der Waals surface area contributed by atoms with Crippen molar-refractivity contribution in [1.82, 2.24) is 0 Å². The zero-order valence-corrected chi connectivity index (χ0v) is 8.97. The van der Waals surface area contributed by atoms with Gasteiger partial charge in [0.15, 0.2) is 5.78 Å². The standard InChI is InChI=1S/C12H13ClO/c1-3-4-5-10-6-7-11(9(2)14)12(13)8-10/h3,6-8H,1,4-5H2,2H3. The molecular weight excluding hydrogens is 196 g/mol. The molecule has 2 heteroatoms. The minimum atomic E-state index is 0.00488. The van der Waals surface area contributed by atoms with E-state index < -0.39 is 0 Å². The molecule has 1 nitrogen and oxygen atoms in total. The number of benzene rings is 1. The SMILES string of the molecule is C=CCCc1ccc(C(C)=O)c(Cl)c1. The summed E-state index contributed by atoms with van der Waals surface area (Å²) in [5.74, 6) is 0.00488. The van der Waals surface area contributed by atoms with Crippen molar-refractivity contribution in [3.8, 4) is 0 Å². The molecule has 0 aromatic heterocycles. The molecule has 0 aliphatic heterocycles. The molecule has 0 radical (unpaired) electrons. The maximum Gasteiger partial charge on any atom is 0.161 e. The lowest BCUT2D eigenvalue weighted by Gasteiger charge is -2.03. The summed E-state index contributed by atoms with van der Waals surface area (Å²) in [6.45, 7) is 5.18. The lowest BCUT2D eigenvalue weighted by Crippen LogP contribution is -1.94. The van der Waals surface area contributed by atoms with E-state index in [0.29, 0.717) is 10.6 Å². The van der Waals surface area contributed by atoms with E-state index in [1.54, 1.807) is 6.07 Å². The fourth-order valence-corrected chi connectivity index (χ4v) is 1.60. The van der Waals surface area contributed by atoms with Crippen LogP contribution in [0.25, 0.3) is 0 Å². The van der Waals surface area contributed by atoms with Gasteiger partial charge in [-0.1, -0.05) is 23.7 Å². The summed E-state index contributed by atoms with van der Waals surface area (Å²) in [5, 5.41) is 0.541. The third-order valence-corrected chi connectivity index (χ3v) is 2.36. The fraction of sp³-hybridized carbons (Fsp3) is 0.250. The minimum Gasteiger partial charge on any atom is -0.294 e. The lowest BCUT2D eigenvalue weighted by molar-refractivity contribution is 0.101. The van der Waals surface area contributed by atoms with Crippen LogP contribution in [0.2, 0.25) is 5.02 Å². The third kappa shape index (κ3) is 2.71. The minimum absolute atomic E-state index is 0.00488. The maximum atomic E-state index is 11.1. The van der Waals surface area contributed by atoms with E-state index in [1.807, 2.05) is 18.2 Å². The normalized spacial score (nSPS) is 9.86. The first-order valence-corrected chi connectivity index (χ1v) is 4.93. The Hall–Kier alpha value is -1.08. The first-order chi connectivity index (χ1) is 6.65. The Kier molecular flexibility index (Phi) is 3.90. The van der Waals surface area contributed by atoms with Crippen molar-refractivity contribution >= 4 is 17.4 Å². The molecule has 0 saturated heterocycles. The topological polar surface area (TPSA) is 17.1 Å². The molecule has 1 aromatic carbocycles. The molecule has 0 bridgehead atoms. The summed E-state index contributed by atoms with van der Waals surface area (Å²) in [6, 6.07) is 5.57. The molecule has 0 heterocycles. The summed E-state index contributed by atoms with van der Waals surface area (Å²) in [5.41, 5.74) is 1.73. The summed E-state index contributed by atoms with van der Waals surface area (Å²) in [7, 11) is 0. The highest BCUT2D eigenvalue weighted by molar-refractivity contribution is 6.33. The van der Waals surface area contributed by atoms with Gasteiger partial charge in [0, 0.05) is 5.56 Å². The van der Waals surface area contributed by atoms with Crippen LogP contribution in [0.15, 0.2) is 30.9 Å². The van der Waals surface area contributed by atoms with Crippen LogP contribution in [0.1, 0.15) is 29.3 Å². The van der Waals surface area contributed by atoms with Crippen molar-refractivity contribution in [2.45, 2.75) is 19.8 Å². The van der Waals surface area contributed by atoms with Gasteiger partial charge in [-0.05, 0) is 37.5 Å². The number of halogens is 1. The summed E-state index contributed by atoms with van der Waals surface area (Å²) < 4.78 is 0. The molecule has 0 saturated carbocycles. The third-order valence-electron chi connectivity index (χ3n) is 2.05. The first kappa shape index (κ1) is 11.0. The van der Waals surface area contributed by atoms with Crippen LogP contribution in [0.3, 0.4) is 0 Å². The quantitative estimate of drug-likeness (QED) is 0.545. The molecule has 1 aromatic rings. The largest absolute Gasteiger partial charge is 0.294 e. The van der Waals surface area contributed by atoms with Gasteiger partial charge in [0.25, 0.3) is 0 Å². The maximum absolute atomic E-state index is 11.1. The summed E-state index contributed by atoms with van der Waals surface area (Å²) in [4.78, 5) is 11.1. The molecule has 74 valence electrons. The molecule has 0 aliphatic rings. The highest BCUT2D eigenvalue weighted by Gasteiger charge is 2.05. The highest BCUT2D eigenvalue weighted by atomic mass is 35.5. The molecule has 0 amide bonds. The van der Waals surface area contributed by atoms with Crippen molar-refractivity contribution < 1.29 is 4.79 Å². The van der Waals surface area contributed by atoms with Gasteiger partial charge in [-0.3, -0.25) is 4.79 Å². The summed E-state index contributed by atoms with van der Waals surface area (Å²) in [6.07, 6.45) is 3.71. The Bertz CT molecular complexity index is 355. The van der Waals surface area contributed by atoms with E-state index in [4.69, 9.17) is 11.6 Å². The predicted molar refractivity (Wildman–Crippen MR) is 60.0 cm³/mol. The van der Waals surface area contributed by atoms with E-state index >= 15 is 0 Å². The molecule has 1 rings (SSSR count). The second-order valence-electron chi connectivity index (χ2n) is 3.20. The lowest BCUT2D eigenvalue weighted by atomic mass is 10.1. The van der Waals surface area contributed by atoms with E-state index in [9.17, 15) is 4.79 Å². The Morgan fingerprint density at radius 3 is 2.79 bits per heavy atom. The van der Waals surface area contributed by atoms with Crippen LogP contribution in [0.4, 0.5) is 0 Å². The number of Topliss-reactive ketones (excluding diaryl/α,β-unsaturated/α-hetero) is 1. The Morgan fingerprint density at radius 1 is 1.57 bits per heavy atom. The average Bonchev–Trinajstić information content (AvgIpc) is 2.14. The van der Waals surface area contributed by atoms with Gasteiger partial charge in [0.2, 0.25) is 0 Å². The van der Waals surface area contributed by atoms with E-state index in [1.165, 1.54) is 6.92 Å². The Morgan fingerprint density at radius 2 is 2.29 bits per heavy atom. The number of hydrogen-bond acceptors (Lipinski definition) is 1. The van der Waals surface area contributed by atoms with Gasteiger partial charge >= 0.3 is 0 Å². The van der Waals surface area contributed by atoms with Gasteiger partial charge in [-0.15, -0.1) is 6.58 Å². The van der Waals surface area contributed by atoms with Crippen molar-refractivity contribution in [3.05, 3.63) is 47.0 Å². The van der Waals surface area contributed by atoms with Crippen LogP contribution in [0.5, 0.6) is 0 Å². The highest BCUT2D eigenvalue weighted by Crippen LogP contribution is 2.19.